The van der Waals surface area contributed by atoms with Gasteiger partial charge in [-0.05, 0) is 19.1 Å². The average Bonchev–Trinajstić information content (AvgIpc) is 2.31. The minimum absolute atomic E-state index is 0.0887. The molecule has 96 valence electrons. The van der Waals surface area contributed by atoms with Crippen molar-refractivity contribution in [1.82, 2.24) is 9.91 Å². The lowest BCUT2D eigenvalue weighted by Crippen LogP contribution is -2.34. The number of thioether (sulfide) groups is 1. The summed E-state index contributed by atoms with van der Waals surface area (Å²) in [4.78, 5) is 7.94. The van der Waals surface area contributed by atoms with Crippen LogP contribution in [0.5, 0.6) is 0 Å². The highest BCUT2D eigenvalue weighted by atomic mass is 32.2. The number of hydrogen-bond acceptors (Lipinski definition) is 5. The molecule has 1 atom stereocenters. The van der Waals surface area contributed by atoms with Crippen LogP contribution in [-0.4, -0.2) is 48.5 Å². The lowest BCUT2D eigenvalue weighted by atomic mass is 10.1. The van der Waals surface area contributed by atoms with Crippen LogP contribution in [0, 0.1) is 0 Å². The average molecular weight is 262 g/mol. The van der Waals surface area contributed by atoms with Crippen LogP contribution >= 0.6 is 11.8 Å². The van der Waals surface area contributed by atoms with Crippen molar-refractivity contribution in [3.05, 3.63) is 34.9 Å². The molecule has 0 saturated carbocycles. The molecular weight excluding hydrogens is 244 g/mol. The molecule has 0 fully saturated rings. The summed E-state index contributed by atoms with van der Waals surface area (Å²) in [6.45, 7) is 5.94. The van der Waals surface area contributed by atoms with E-state index in [0.29, 0.717) is 0 Å². The summed E-state index contributed by atoms with van der Waals surface area (Å²) in [6.07, 6.45) is 6.02. The van der Waals surface area contributed by atoms with Gasteiger partial charge in [0.15, 0.2) is 0 Å². The van der Waals surface area contributed by atoms with Crippen molar-refractivity contribution in [1.29, 1.82) is 0 Å². The van der Waals surface area contributed by atoms with E-state index >= 15 is 0 Å². The molecule has 2 aliphatic rings. The monoisotopic (exact) mass is 262 g/mol. The lowest BCUT2D eigenvalue weighted by Gasteiger charge is -2.35. The van der Waals surface area contributed by atoms with E-state index in [4.69, 9.17) is 0 Å². The summed E-state index contributed by atoms with van der Waals surface area (Å²) in [6, 6.07) is 0. The third-order valence-corrected chi connectivity index (χ3v) is 3.78. The third kappa shape index (κ3) is 2.36. The van der Waals surface area contributed by atoms with Crippen molar-refractivity contribution in [3.63, 3.8) is 0 Å². The van der Waals surface area contributed by atoms with Gasteiger partial charge in [0, 0.05) is 37.3 Å². The van der Waals surface area contributed by atoms with E-state index in [-0.39, 0.29) is 6.17 Å². The molecule has 0 aliphatic carbocycles. The van der Waals surface area contributed by atoms with Crippen LogP contribution in [0.4, 0.5) is 0 Å². The summed E-state index contributed by atoms with van der Waals surface area (Å²) in [5.41, 5.74) is 2.18. The van der Waals surface area contributed by atoms with Gasteiger partial charge < -0.3 is 9.91 Å². The van der Waals surface area contributed by atoms with Gasteiger partial charge in [-0.1, -0.05) is 18.3 Å². The number of nitrogens with zero attached hydrogens (tertiary/aromatic N) is 4. The van der Waals surface area contributed by atoms with E-state index < -0.39 is 0 Å². The van der Waals surface area contributed by atoms with Crippen LogP contribution in [0.25, 0.3) is 0 Å². The van der Waals surface area contributed by atoms with Crippen LogP contribution in [0.1, 0.15) is 6.92 Å². The van der Waals surface area contributed by atoms with Gasteiger partial charge in [0.2, 0.25) is 0 Å². The first kappa shape index (κ1) is 13.0. The van der Waals surface area contributed by atoms with E-state index in [9.17, 15) is 0 Å². The molecule has 0 amide bonds. The van der Waals surface area contributed by atoms with Gasteiger partial charge in [-0.15, -0.1) is 0 Å². The Kier molecular flexibility index (Phi) is 3.61. The number of rotatable bonds is 3. The van der Waals surface area contributed by atoms with Gasteiger partial charge in [0.25, 0.3) is 0 Å². The lowest BCUT2D eigenvalue weighted by molar-refractivity contribution is 0.365. The largest absolute Gasteiger partial charge is 0.349 e. The standard InChI is InChI=1S/C13H18N4S/c1-6-11-10(8-14-16(3)4)12-7-13(17(11)5)15-9(2)18-12/h6-8,13H,1H2,2-5H3/b14-8-. The Morgan fingerprint density at radius 2 is 2.28 bits per heavy atom. The zero-order valence-electron chi connectivity index (χ0n) is 11.2. The van der Waals surface area contributed by atoms with Crippen molar-refractivity contribution in [2.45, 2.75) is 13.1 Å². The predicted molar refractivity (Wildman–Crippen MR) is 79.7 cm³/mol. The molecule has 4 nitrogen and oxygen atoms in total. The number of aliphatic imine (C=N–C) groups is 1. The number of fused-ring (bicyclic) bond motifs is 1. The van der Waals surface area contributed by atoms with Gasteiger partial charge in [-0.3, -0.25) is 4.99 Å². The highest BCUT2D eigenvalue weighted by Crippen LogP contribution is 2.37. The summed E-state index contributed by atoms with van der Waals surface area (Å²) in [5.74, 6) is 0. The van der Waals surface area contributed by atoms with E-state index in [2.05, 4.69) is 27.6 Å². The highest BCUT2D eigenvalue weighted by Gasteiger charge is 2.27. The van der Waals surface area contributed by atoms with Crippen molar-refractivity contribution in [2.24, 2.45) is 10.1 Å². The number of hydrogen-bond donors (Lipinski definition) is 0. The van der Waals surface area contributed by atoms with Crippen LogP contribution in [-0.2, 0) is 0 Å². The SMILES string of the molecule is C=CC1=C(/C=N\N(C)C)C2=CC(N=C(C)S2)N1C. The minimum atomic E-state index is 0.0887. The zero-order chi connectivity index (χ0) is 13.3. The molecule has 0 aromatic heterocycles. The smallest absolute Gasteiger partial charge is 0.142 e. The number of allylic oxidation sites excluding steroid dienone is 2. The second-order valence-corrected chi connectivity index (χ2v) is 5.64. The Bertz CT molecular complexity index is 485. The predicted octanol–water partition coefficient (Wildman–Crippen LogP) is 2.29. The fourth-order valence-electron chi connectivity index (χ4n) is 1.94. The van der Waals surface area contributed by atoms with Crippen LogP contribution < -0.4 is 0 Å². The van der Waals surface area contributed by atoms with Gasteiger partial charge in [0.05, 0.1) is 11.3 Å². The van der Waals surface area contributed by atoms with Gasteiger partial charge in [0.1, 0.15) is 6.17 Å². The first-order valence-corrected chi connectivity index (χ1v) is 6.60. The Morgan fingerprint density at radius 3 is 2.89 bits per heavy atom. The fourth-order valence-corrected chi connectivity index (χ4v) is 2.87. The first-order valence-electron chi connectivity index (χ1n) is 5.78. The summed E-state index contributed by atoms with van der Waals surface area (Å²) in [7, 11) is 5.86. The fraction of sp³-hybridized carbons (Fsp3) is 0.385. The van der Waals surface area contributed by atoms with Crippen molar-refractivity contribution in [3.8, 4) is 0 Å². The third-order valence-electron chi connectivity index (χ3n) is 2.80. The van der Waals surface area contributed by atoms with Crippen molar-refractivity contribution in [2.75, 3.05) is 21.1 Å². The zero-order valence-corrected chi connectivity index (χ0v) is 12.0. The summed E-state index contributed by atoms with van der Waals surface area (Å²) < 4.78 is 0. The molecule has 1 unspecified atom stereocenters. The molecule has 0 radical (unpaired) electrons. The molecular formula is C13H18N4S. The van der Waals surface area contributed by atoms with Crippen molar-refractivity contribution < 1.29 is 0 Å². The Morgan fingerprint density at radius 1 is 1.56 bits per heavy atom. The Labute approximate surface area is 112 Å². The second kappa shape index (κ2) is 5.02. The maximum Gasteiger partial charge on any atom is 0.142 e. The molecule has 18 heavy (non-hydrogen) atoms. The highest BCUT2D eigenvalue weighted by molar-refractivity contribution is 8.17. The second-order valence-electron chi connectivity index (χ2n) is 4.40. The molecule has 5 heteroatoms. The summed E-state index contributed by atoms with van der Waals surface area (Å²) >= 11 is 1.69. The maximum absolute atomic E-state index is 4.60. The molecule has 0 N–H and O–H groups in total. The molecule has 0 spiro atoms. The Balaban J connectivity index is 2.42. The van der Waals surface area contributed by atoms with E-state index in [1.54, 1.807) is 16.8 Å². The van der Waals surface area contributed by atoms with Crippen molar-refractivity contribution >= 4 is 23.0 Å². The molecule has 0 aromatic carbocycles. The van der Waals surface area contributed by atoms with E-state index in [0.717, 1.165) is 16.3 Å². The Hall–Kier alpha value is -1.49. The van der Waals surface area contributed by atoms with Crippen LogP contribution in [0.3, 0.4) is 0 Å². The normalized spacial score (nSPS) is 23.1. The van der Waals surface area contributed by atoms with Crippen LogP contribution in [0.2, 0.25) is 0 Å². The molecule has 2 heterocycles. The van der Waals surface area contributed by atoms with E-state index in [1.165, 1.54) is 4.91 Å². The van der Waals surface area contributed by atoms with Gasteiger partial charge in [-0.25, -0.2) is 0 Å². The van der Waals surface area contributed by atoms with Gasteiger partial charge >= 0.3 is 0 Å². The topological polar surface area (TPSA) is 31.2 Å². The van der Waals surface area contributed by atoms with E-state index in [1.807, 2.05) is 40.4 Å². The molecule has 2 rings (SSSR count). The molecule has 0 saturated heterocycles. The van der Waals surface area contributed by atoms with Crippen LogP contribution in [0.15, 0.2) is 45.0 Å². The quantitative estimate of drug-likeness (QED) is 0.577. The summed E-state index contributed by atoms with van der Waals surface area (Å²) in [5, 5.41) is 7.21. The molecule has 0 aromatic rings. The van der Waals surface area contributed by atoms with Gasteiger partial charge in [-0.2, -0.15) is 5.10 Å². The minimum Gasteiger partial charge on any atom is -0.349 e. The maximum atomic E-state index is 4.60. The number of likely N-dealkylation sites (N-methyl/N-ethyl adjacent to an activating group) is 1. The molecule has 2 bridgehead atoms. The molecule has 2 aliphatic heterocycles. The first-order chi connectivity index (χ1) is 8.52. The number of hydrazone groups is 1.